The number of nitrogens with zero attached hydrogens (tertiary/aromatic N) is 2. The Bertz CT molecular complexity index is 1270. The van der Waals surface area contributed by atoms with Crippen LogP contribution in [-0.4, -0.2) is 59.5 Å². The summed E-state index contributed by atoms with van der Waals surface area (Å²) in [6, 6.07) is 19.0. The van der Waals surface area contributed by atoms with Gasteiger partial charge in [0.05, 0.1) is 11.0 Å². The molecule has 0 bridgehead atoms. The summed E-state index contributed by atoms with van der Waals surface area (Å²) in [5.74, 6) is 0.140. The van der Waals surface area contributed by atoms with Gasteiger partial charge in [-0.3, -0.25) is 14.5 Å². The Hall–Kier alpha value is -2.92. The van der Waals surface area contributed by atoms with E-state index in [0.717, 1.165) is 91.8 Å². The first kappa shape index (κ1) is 23.5. The molecule has 3 aliphatic heterocycles. The van der Waals surface area contributed by atoms with Gasteiger partial charge in [-0.1, -0.05) is 55.5 Å². The molecule has 0 N–H and O–H groups in total. The number of cyclic esters (lactones) is 1. The molecule has 2 atom stereocenters. The number of fused-ring (bicyclic) bond motifs is 2. The minimum atomic E-state index is -0.349. The quantitative estimate of drug-likeness (QED) is 0.349. The number of hydrogen-bond donors (Lipinski definition) is 0. The van der Waals surface area contributed by atoms with Crippen molar-refractivity contribution in [3.8, 4) is 0 Å². The second kappa shape index (κ2) is 8.88. The largest absolute Gasteiger partial charge is 0.459 e. The summed E-state index contributed by atoms with van der Waals surface area (Å²) in [5, 5.41) is 4.27. The van der Waals surface area contributed by atoms with Crippen molar-refractivity contribution < 1.29 is 14.3 Å². The summed E-state index contributed by atoms with van der Waals surface area (Å²) in [4.78, 5) is 31.5. The predicted molar refractivity (Wildman–Crippen MR) is 143 cm³/mol. The molecule has 3 aromatic carbocycles. The van der Waals surface area contributed by atoms with Crippen molar-refractivity contribution in [1.82, 2.24) is 9.80 Å². The van der Waals surface area contributed by atoms with Crippen LogP contribution >= 0.6 is 0 Å². The molecule has 3 aromatic rings. The predicted octanol–water partition coefficient (Wildman–Crippen LogP) is 5.80. The fourth-order valence-electron chi connectivity index (χ4n) is 6.98. The second-order valence-corrected chi connectivity index (χ2v) is 11.4. The van der Waals surface area contributed by atoms with Crippen LogP contribution in [0.15, 0.2) is 54.6 Å². The smallest absolute Gasteiger partial charge is 0.314 e. The number of likely N-dealkylation sites (tertiary alicyclic amines) is 2. The van der Waals surface area contributed by atoms with E-state index in [1.807, 2.05) is 29.2 Å². The Kier molecular flexibility index (Phi) is 5.79. The monoisotopic (exact) mass is 484 g/mol. The number of hydrogen-bond acceptors (Lipinski definition) is 4. The molecule has 3 heterocycles. The number of piperidine rings is 2. The van der Waals surface area contributed by atoms with E-state index in [2.05, 4.69) is 49.1 Å². The van der Waals surface area contributed by atoms with Gasteiger partial charge in [0.15, 0.2) is 0 Å². The third kappa shape index (κ3) is 3.88. The summed E-state index contributed by atoms with van der Waals surface area (Å²) in [5.41, 5.74) is 0.154. The van der Waals surface area contributed by atoms with E-state index in [4.69, 9.17) is 4.74 Å². The lowest BCUT2D eigenvalue weighted by Crippen LogP contribution is -2.53. The van der Waals surface area contributed by atoms with Crippen molar-refractivity contribution in [3.05, 3.63) is 60.2 Å². The molecule has 5 heteroatoms. The number of esters is 1. The molecule has 0 radical (unpaired) electrons. The maximum Gasteiger partial charge on any atom is 0.314 e. The molecule has 0 aromatic heterocycles. The SMILES string of the molecule is CCC1(C)CC2(CCCN(C3CCN(C(=O)c4c5ccccc5cc5ccccc45)CC3)C2)C(=O)O1. The van der Waals surface area contributed by atoms with Gasteiger partial charge in [-0.25, -0.2) is 0 Å². The summed E-state index contributed by atoms with van der Waals surface area (Å²) in [6.07, 6.45) is 5.57. The Morgan fingerprint density at radius 3 is 2.25 bits per heavy atom. The van der Waals surface area contributed by atoms with Crippen LogP contribution in [0.5, 0.6) is 0 Å². The van der Waals surface area contributed by atoms with Crippen LogP contribution < -0.4 is 0 Å². The maximum atomic E-state index is 13.9. The first-order valence-electron chi connectivity index (χ1n) is 13.6. The molecule has 0 aliphatic carbocycles. The van der Waals surface area contributed by atoms with Crippen LogP contribution in [0.1, 0.15) is 62.7 Å². The van der Waals surface area contributed by atoms with Gasteiger partial charge < -0.3 is 9.64 Å². The van der Waals surface area contributed by atoms with E-state index < -0.39 is 0 Å². The highest BCUT2D eigenvalue weighted by molar-refractivity contribution is 6.18. The van der Waals surface area contributed by atoms with Crippen LogP contribution in [0.3, 0.4) is 0 Å². The minimum Gasteiger partial charge on any atom is -0.459 e. The highest BCUT2D eigenvalue weighted by Crippen LogP contribution is 2.48. The molecule has 1 spiro atoms. The lowest BCUT2D eigenvalue weighted by Gasteiger charge is -2.45. The van der Waals surface area contributed by atoms with Gasteiger partial charge in [0.25, 0.3) is 5.91 Å². The third-order valence-electron chi connectivity index (χ3n) is 9.09. The van der Waals surface area contributed by atoms with Crippen LogP contribution in [0.4, 0.5) is 0 Å². The van der Waals surface area contributed by atoms with Crippen molar-refractivity contribution in [1.29, 1.82) is 0 Å². The van der Waals surface area contributed by atoms with Crippen LogP contribution in [0, 0.1) is 5.41 Å². The zero-order chi connectivity index (χ0) is 24.9. The van der Waals surface area contributed by atoms with Crippen LogP contribution in [0.25, 0.3) is 21.5 Å². The average Bonchev–Trinajstić information content (AvgIpc) is 3.15. The first-order chi connectivity index (χ1) is 17.4. The van der Waals surface area contributed by atoms with Gasteiger partial charge in [0.1, 0.15) is 5.60 Å². The average molecular weight is 485 g/mol. The zero-order valence-corrected chi connectivity index (χ0v) is 21.5. The Labute approximate surface area is 213 Å². The standard InChI is InChI=1S/C31H36N2O3/c1-3-30(2)20-31(29(35)36-30)15-8-16-33(21-31)24-13-17-32(18-14-24)28(34)27-25-11-6-4-9-22(25)19-23-10-5-7-12-26(23)27/h4-7,9-12,19,24H,3,8,13-18,20-21H2,1-2H3. The van der Waals surface area contributed by atoms with E-state index in [1.54, 1.807) is 0 Å². The van der Waals surface area contributed by atoms with Gasteiger partial charge in [-0.05, 0) is 73.2 Å². The molecule has 0 saturated carbocycles. The van der Waals surface area contributed by atoms with Crippen molar-refractivity contribution in [2.75, 3.05) is 26.2 Å². The summed E-state index contributed by atoms with van der Waals surface area (Å²) in [7, 11) is 0. The maximum absolute atomic E-state index is 13.9. The Balaban J connectivity index is 1.20. The molecule has 6 rings (SSSR count). The van der Waals surface area contributed by atoms with E-state index in [0.29, 0.717) is 6.04 Å². The van der Waals surface area contributed by atoms with Crippen molar-refractivity contribution >= 4 is 33.4 Å². The van der Waals surface area contributed by atoms with E-state index in [9.17, 15) is 9.59 Å². The second-order valence-electron chi connectivity index (χ2n) is 11.4. The molecule has 3 saturated heterocycles. The van der Waals surface area contributed by atoms with Gasteiger partial charge >= 0.3 is 5.97 Å². The fraction of sp³-hybridized carbons (Fsp3) is 0.484. The van der Waals surface area contributed by atoms with Crippen molar-refractivity contribution in [2.45, 2.75) is 64.0 Å². The van der Waals surface area contributed by atoms with Crippen LogP contribution in [0.2, 0.25) is 0 Å². The van der Waals surface area contributed by atoms with Crippen molar-refractivity contribution in [3.63, 3.8) is 0 Å². The molecule has 3 fully saturated rings. The van der Waals surface area contributed by atoms with Crippen molar-refractivity contribution in [2.24, 2.45) is 5.41 Å². The highest BCUT2D eigenvalue weighted by atomic mass is 16.6. The number of benzene rings is 3. The molecular formula is C31H36N2O3. The molecule has 188 valence electrons. The zero-order valence-electron chi connectivity index (χ0n) is 21.5. The first-order valence-corrected chi connectivity index (χ1v) is 13.6. The lowest BCUT2D eigenvalue weighted by molar-refractivity contribution is -0.155. The number of carbonyl (C=O) groups is 2. The van der Waals surface area contributed by atoms with E-state index >= 15 is 0 Å². The van der Waals surface area contributed by atoms with Crippen LogP contribution in [-0.2, 0) is 9.53 Å². The Morgan fingerprint density at radius 2 is 1.64 bits per heavy atom. The Morgan fingerprint density at radius 1 is 1.00 bits per heavy atom. The lowest BCUT2D eigenvalue weighted by atomic mass is 9.73. The van der Waals surface area contributed by atoms with Gasteiger partial charge in [0, 0.05) is 32.1 Å². The molecule has 3 aliphatic rings. The number of ether oxygens (including phenoxy) is 1. The van der Waals surface area contributed by atoms with E-state index in [1.165, 1.54) is 0 Å². The minimum absolute atomic E-state index is 0.00648. The van der Waals surface area contributed by atoms with Gasteiger partial charge in [0.2, 0.25) is 0 Å². The number of rotatable bonds is 3. The highest BCUT2D eigenvalue weighted by Gasteiger charge is 2.55. The fourth-order valence-corrected chi connectivity index (χ4v) is 6.98. The number of carbonyl (C=O) groups excluding carboxylic acids is 2. The molecule has 36 heavy (non-hydrogen) atoms. The summed E-state index contributed by atoms with van der Waals surface area (Å²) >= 11 is 0. The van der Waals surface area contributed by atoms with Gasteiger partial charge in [-0.2, -0.15) is 0 Å². The number of amides is 1. The van der Waals surface area contributed by atoms with E-state index in [-0.39, 0.29) is 22.9 Å². The normalized spacial score (nSPS) is 27.7. The van der Waals surface area contributed by atoms with Gasteiger partial charge in [-0.15, -0.1) is 0 Å². The molecule has 2 unspecified atom stereocenters. The topological polar surface area (TPSA) is 49.9 Å². The molecule has 1 amide bonds. The summed E-state index contributed by atoms with van der Waals surface area (Å²) < 4.78 is 5.88. The molecule has 5 nitrogen and oxygen atoms in total. The third-order valence-corrected chi connectivity index (χ3v) is 9.09. The summed E-state index contributed by atoms with van der Waals surface area (Å²) in [6.45, 7) is 7.53. The molecular weight excluding hydrogens is 448 g/mol.